The van der Waals surface area contributed by atoms with Crippen LogP contribution in [0.25, 0.3) is 0 Å². The summed E-state index contributed by atoms with van der Waals surface area (Å²) in [5.41, 5.74) is 4.38. The lowest BCUT2D eigenvalue weighted by molar-refractivity contribution is -0.136. The quantitative estimate of drug-likeness (QED) is 0.115. The van der Waals surface area contributed by atoms with Crippen molar-refractivity contribution in [1.29, 1.82) is 0 Å². The molecular weight excluding hydrogens is 546 g/mol. The normalized spacial score (nSPS) is 12.3. The standard InChI is InChI=1S/C30H31N3O7S/c1-3-17-39-21-15-11-20(12-16-21)29(36)40-22-13-9-19(10-14-22)18-31-33-27(35)26(34)32-28-25(30(37)38-4-2)23-7-5-6-8-24(23)41-28/h9-16,18H,3-8,17H2,1-2H3,(H,32,34)(H,33,35)/b31-18-. The molecule has 0 saturated carbocycles. The first-order valence-electron chi connectivity index (χ1n) is 13.4. The molecule has 1 aromatic heterocycles. The fourth-order valence-corrected chi connectivity index (χ4v) is 5.42. The highest BCUT2D eigenvalue weighted by Gasteiger charge is 2.28. The van der Waals surface area contributed by atoms with Crippen molar-refractivity contribution >= 4 is 46.3 Å². The number of esters is 2. The van der Waals surface area contributed by atoms with Crippen LogP contribution in [-0.4, -0.2) is 43.2 Å². The summed E-state index contributed by atoms with van der Waals surface area (Å²) < 4.78 is 16.1. The smallest absolute Gasteiger partial charge is 0.343 e. The van der Waals surface area contributed by atoms with Crippen LogP contribution in [0.15, 0.2) is 53.6 Å². The summed E-state index contributed by atoms with van der Waals surface area (Å²) in [6, 6.07) is 13.2. The minimum Gasteiger partial charge on any atom is -0.494 e. The molecule has 0 saturated heterocycles. The van der Waals surface area contributed by atoms with Gasteiger partial charge in [0.25, 0.3) is 0 Å². The number of carbonyl (C=O) groups is 4. The Labute approximate surface area is 241 Å². The third-order valence-electron chi connectivity index (χ3n) is 6.12. The van der Waals surface area contributed by atoms with Crippen LogP contribution in [-0.2, 0) is 27.2 Å². The van der Waals surface area contributed by atoms with Gasteiger partial charge in [-0.05, 0) is 98.7 Å². The first-order valence-corrected chi connectivity index (χ1v) is 14.2. The van der Waals surface area contributed by atoms with Crippen LogP contribution >= 0.6 is 11.3 Å². The van der Waals surface area contributed by atoms with Gasteiger partial charge in [-0.2, -0.15) is 5.10 Å². The van der Waals surface area contributed by atoms with Gasteiger partial charge in [0.1, 0.15) is 16.5 Å². The molecule has 0 radical (unpaired) electrons. The molecule has 2 N–H and O–H groups in total. The number of rotatable bonds is 10. The Morgan fingerprint density at radius 2 is 1.61 bits per heavy atom. The molecule has 0 fully saturated rings. The van der Waals surface area contributed by atoms with Crippen LogP contribution in [0.5, 0.6) is 11.5 Å². The maximum atomic E-state index is 12.6. The molecule has 11 heteroatoms. The molecule has 4 rings (SSSR count). The molecule has 214 valence electrons. The maximum absolute atomic E-state index is 12.6. The van der Waals surface area contributed by atoms with E-state index in [0.717, 1.165) is 42.5 Å². The van der Waals surface area contributed by atoms with Crippen molar-refractivity contribution in [3.63, 3.8) is 0 Å². The van der Waals surface area contributed by atoms with Gasteiger partial charge in [0.15, 0.2) is 0 Å². The Morgan fingerprint density at radius 1 is 0.902 bits per heavy atom. The van der Waals surface area contributed by atoms with Crippen molar-refractivity contribution in [3.8, 4) is 11.5 Å². The number of hydrogen-bond acceptors (Lipinski definition) is 9. The fraction of sp³-hybridized carbons (Fsp3) is 0.300. The number of benzene rings is 2. The zero-order chi connectivity index (χ0) is 29.2. The number of ether oxygens (including phenoxy) is 3. The molecule has 3 aromatic rings. The van der Waals surface area contributed by atoms with E-state index in [1.165, 1.54) is 17.6 Å². The summed E-state index contributed by atoms with van der Waals surface area (Å²) in [5, 5.41) is 6.69. The predicted molar refractivity (Wildman–Crippen MR) is 155 cm³/mol. The van der Waals surface area contributed by atoms with Gasteiger partial charge in [-0.1, -0.05) is 6.92 Å². The number of fused-ring (bicyclic) bond motifs is 1. The molecule has 0 aliphatic heterocycles. The van der Waals surface area contributed by atoms with Gasteiger partial charge in [-0.15, -0.1) is 11.3 Å². The molecular formula is C30H31N3O7S. The zero-order valence-corrected chi connectivity index (χ0v) is 23.7. The number of hydrogen-bond donors (Lipinski definition) is 2. The number of hydrazone groups is 1. The Morgan fingerprint density at radius 3 is 2.32 bits per heavy atom. The van der Waals surface area contributed by atoms with E-state index in [4.69, 9.17) is 14.2 Å². The predicted octanol–water partition coefficient (Wildman–Crippen LogP) is 4.90. The zero-order valence-electron chi connectivity index (χ0n) is 22.9. The molecule has 0 unspecified atom stereocenters. The summed E-state index contributed by atoms with van der Waals surface area (Å²) in [7, 11) is 0. The van der Waals surface area contributed by atoms with E-state index in [0.29, 0.717) is 39.8 Å². The molecule has 2 aromatic carbocycles. The van der Waals surface area contributed by atoms with Crippen LogP contribution < -0.4 is 20.2 Å². The highest BCUT2D eigenvalue weighted by atomic mass is 32.1. The first-order chi connectivity index (χ1) is 19.9. The molecule has 1 aliphatic carbocycles. The van der Waals surface area contributed by atoms with Crippen LogP contribution in [0.2, 0.25) is 0 Å². The molecule has 1 aliphatic rings. The lowest BCUT2D eigenvalue weighted by Crippen LogP contribution is -2.32. The molecule has 0 spiro atoms. The lowest BCUT2D eigenvalue weighted by Gasteiger charge is -2.12. The van der Waals surface area contributed by atoms with Crippen molar-refractivity contribution in [2.45, 2.75) is 46.0 Å². The average molecular weight is 578 g/mol. The average Bonchev–Trinajstić information content (AvgIpc) is 3.35. The topological polar surface area (TPSA) is 132 Å². The number of thiophene rings is 1. The third kappa shape index (κ3) is 7.79. The highest BCUT2D eigenvalue weighted by molar-refractivity contribution is 7.17. The van der Waals surface area contributed by atoms with E-state index in [1.54, 1.807) is 55.5 Å². The second-order valence-corrected chi connectivity index (χ2v) is 10.2. The van der Waals surface area contributed by atoms with E-state index < -0.39 is 23.8 Å². The van der Waals surface area contributed by atoms with Gasteiger partial charge in [0.05, 0.1) is 30.6 Å². The number of amides is 2. The Balaban J connectivity index is 1.30. The molecule has 0 atom stereocenters. The van der Waals surface area contributed by atoms with Crippen molar-refractivity contribution in [2.24, 2.45) is 5.10 Å². The molecule has 10 nitrogen and oxygen atoms in total. The van der Waals surface area contributed by atoms with Crippen molar-refractivity contribution in [2.75, 3.05) is 18.5 Å². The Bertz CT molecular complexity index is 1430. The summed E-state index contributed by atoms with van der Waals surface area (Å²) in [4.78, 5) is 50.9. The SMILES string of the molecule is CCCOc1ccc(C(=O)Oc2ccc(/C=N\NC(=O)C(=O)Nc3sc4c(c3C(=O)OCC)CCCC4)cc2)cc1. The molecule has 0 bridgehead atoms. The molecule has 41 heavy (non-hydrogen) atoms. The van der Waals surface area contributed by atoms with Crippen LogP contribution in [0, 0.1) is 0 Å². The number of carbonyl (C=O) groups excluding carboxylic acids is 4. The Kier molecular flexibility index (Phi) is 10.2. The first kappa shape index (κ1) is 29.5. The van der Waals surface area contributed by atoms with Gasteiger partial charge < -0.3 is 19.5 Å². The van der Waals surface area contributed by atoms with Gasteiger partial charge in [-0.3, -0.25) is 9.59 Å². The van der Waals surface area contributed by atoms with Crippen molar-refractivity contribution in [1.82, 2.24) is 5.43 Å². The highest BCUT2D eigenvalue weighted by Crippen LogP contribution is 2.38. The maximum Gasteiger partial charge on any atom is 0.343 e. The summed E-state index contributed by atoms with van der Waals surface area (Å²) in [6.07, 6.45) is 5.74. The van der Waals surface area contributed by atoms with E-state index in [2.05, 4.69) is 15.8 Å². The van der Waals surface area contributed by atoms with Gasteiger partial charge >= 0.3 is 23.8 Å². The van der Waals surface area contributed by atoms with Gasteiger partial charge in [-0.25, -0.2) is 15.0 Å². The second kappa shape index (κ2) is 14.2. The van der Waals surface area contributed by atoms with Gasteiger partial charge in [0.2, 0.25) is 0 Å². The minimum atomic E-state index is -0.987. The van der Waals surface area contributed by atoms with Crippen LogP contribution in [0.1, 0.15) is 69.8 Å². The largest absolute Gasteiger partial charge is 0.494 e. The number of nitrogens with one attached hydrogen (secondary N) is 2. The number of aryl methyl sites for hydroxylation is 1. The van der Waals surface area contributed by atoms with E-state index in [9.17, 15) is 19.2 Å². The number of nitrogens with zero attached hydrogens (tertiary/aromatic N) is 1. The summed E-state index contributed by atoms with van der Waals surface area (Å²) in [5.74, 6) is -1.94. The van der Waals surface area contributed by atoms with Crippen LogP contribution in [0.3, 0.4) is 0 Å². The van der Waals surface area contributed by atoms with E-state index in [-0.39, 0.29) is 6.61 Å². The van der Waals surface area contributed by atoms with E-state index in [1.807, 2.05) is 6.92 Å². The summed E-state index contributed by atoms with van der Waals surface area (Å²) in [6.45, 7) is 4.54. The van der Waals surface area contributed by atoms with Crippen molar-refractivity contribution < 1.29 is 33.4 Å². The molecule has 1 heterocycles. The fourth-order valence-electron chi connectivity index (χ4n) is 4.14. The number of anilines is 1. The third-order valence-corrected chi connectivity index (χ3v) is 7.32. The minimum absolute atomic E-state index is 0.207. The monoisotopic (exact) mass is 577 g/mol. The van der Waals surface area contributed by atoms with Gasteiger partial charge in [0, 0.05) is 4.88 Å². The second-order valence-electron chi connectivity index (χ2n) is 9.12. The molecule has 2 amide bonds. The van der Waals surface area contributed by atoms with Crippen LogP contribution in [0.4, 0.5) is 5.00 Å². The lowest BCUT2D eigenvalue weighted by atomic mass is 9.95. The summed E-state index contributed by atoms with van der Waals surface area (Å²) >= 11 is 1.30. The Hall–Kier alpha value is -4.51. The van der Waals surface area contributed by atoms with Crippen molar-refractivity contribution in [3.05, 3.63) is 75.7 Å². The van der Waals surface area contributed by atoms with E-state index >= 15 is 0 Å².